The van der Waals surface area contributed by atoms with Gasteiger partial charge in [0.25, 0.3) is 0 Å². The number of thiophene rings is 1. The van der Waals surface area contributed by atoms with Crippen molar-refractivity contribution in [2.45, 2.75) is 13.8 Å². The van der Waals surface area contributed by atoms with Crippen molar-refractivity contribution in [1.29, 1.82) is 0 Å². The highest BCUT2D eigenvalue weighted by atomic mass is 35.5. The predicted octanol–water partition coefficient (Wildman–Crippen LogP) is 4.26. The number of fused-ring (bicyclic) bond motifs is 1. The summed E-state index contributed by atoms with van der Waals surface area (Å²) >= 11 is 7.79. The van der Waals surface area contributed by atoms with E-state index in [4.69, 9.17) is 16.3 Å². The van der Waals surface area contributed by atoms with Crippen LogP contribution in [0, 0.1) is 6.92 Å². The monoisotopic (exact) mass is 226 g/mol. The number of aryl methyl sites for hydroxylation is 1. The third-order valence-corrected chi connectivity index (χ3v) is 3.64. The lowest BCUT2D eigenvalue weighted by atomic mass is 10.2. The summed E-state index contributed by atoms with van der Waals surface area (Å²) in [7, 11) is 0. The zero-order valence-corrected chi connectivity index (χ0v) is 9.71. The van der Waals surface area contributed by atoms with Crippen LogP contribution in [0.25, 0.3) is 10.1 Å². The number of benzene rings is 1. The SMILES string of the molecule is CCOc1c(C)sc2c(Cl)cccc12. The lowest BCUT2D eigenvalue weighted by Crippen LogP contribution is -1.91. The van der Waals surface area contributed by atoms with Gasteiger partial charge in [-0.2, -0.15) is 0 Å². The van der Waals surface area contributed by atoms with E-state index < -0.39 is 0 Å². The molecule has 2 rings (SSSR count). The molecule has 3 heteroatoms. The quantitative estimate of drug-likeness (QED) is 0.744. The van der Waals surface area contributed by atoms with Crippen LogP contribution in [-0.4, -0.2) is 6.61 Å². The average molecular weight is 227 g/mol. The van der Waals surface area contributed by atoms with Gasteiger partial charge < -0.3 is 4.74 Å². The predicted molar refractivity (Wildman–Crippen MR) is 62.7 cm³/mol. The number of rotatable bonds is 2. The molecule has 0 aliphatic rings. The Kier molecular flexibility index (Phi) is 2.66. The van der Waals surface area contributed by atoms with Crippen molar-refractivity contribution in [2.75, 3.05) is 6.61 Å². The van der Waals surface area contributed by atoms with Gasteiger partial charge in [0.1, 0.15) is 5.75 Å². The molecule has 1 aromatic heterocycles. The maximum Gasteiger partial charge on any atom is 0.140 e. The second kappa shape index (κ2) is 3.79. The Hall–Kier alpha value is -0.730. The Labute approximate surface area is 92.3 Å². The van der Waals surface area contributed by atoms with Crippen molar-refractivity contribution in [3.05, 3.63) is 28.1 Å². The highest BCUT2D eigenvalue weighted by Gasteiger charge is 2.11. The number of hydrogen-bond donors (Lipinski definition) is 0. The van der Waals surface area contributed by atoms with E-state index in [9.17, 15) is 0 Å². The molecule has 74 valence electrons. The molecule has 1 aromatic carbocycles. The lowest BCUT2D eigenvalue weighted by Gasteiger charge is -2.02. The molecule has 0 radical (unpaired) electrons. The number of ether oxygens (including phenoxy) is 1. The van der Waals surface area contributed by atoms with E-state index in [0.29, 0.717) is 6.61 Å². The third kappa shape index (κ3) is 1.49. The first kappa shape index (κ1) is 9.81. The third-order valence-electron chi connectivity index (χ3n) is 2.08. The van der Waals surface area contributed by atoms with Crippen LogP contribution in [0.4, 0.5) is 0 Å². The minimum Gasteiger partial charge on any atom is -0.492 e. The standard InChI is InChI=1S/C11H11ClOS/c1-3-13-10-7(2)14-11-8(10)5-4-6-9(11)12/h4-6H,3H2,1-2H3. The molecule has 2 aromatic rings. The maximum atomic E-state index is 6.10. The minimum absolute atomic E-state index is 0.694. The van der Waals surface area contributed by atoms with Crippen LogP contribution >= 0.6 is 22.9 Å². The van der Waals surface area contributed by atoms with Crippen LogP contribution in [0.1, 0.15) is 11.8 Å². The normalized spacial score (nSPS) is 10.8. The van der Waals surface area contributed by atoms with Crippen LogP contribution in [-0.2, 0) is 0 Å². The van der Waals surface area contributed by atoms with Crippen LogP contribution in [0.15, 0.2) is 18.2 Å². The highest BCUT2D eigenvalue weighted by molar-refractivity contribution is 7.20. The van der Waals surface area contributed by atoms with Gasteiger partial charge in [-0.05, 0) is 26.0 Å². The Balaban J connectivity index is 2.70. The lowest BCUT2D eigenvalue weighted by molar-refractivity contribution is 0.343. The summed E-state index contributed by atoms with van der Waals surface area (Å²) in [6.45, 7) is 4.75. The zero-order valence-electron chi connectivity index (χ0n) is 8.13. The molecular weight excluding hydrogens is 216 g/mol. The van der Waals surface area contributed by atoms with Gasteiger partial charge in [0, 0.05) is 10.3 Å². The smallest absolute Gasteiger partial charge is 0.140 e. The summed E-state index contributed by atoms with van der Waals surface area (Å²) in [6.07, 6.45) is 0. The van der Waals surface area contributed by atoms with Gasteiger partial charge in [-0.1, -0.05) is 17.7 Å². The molecule has 0 fully saturated rings. The van der Waals surface area contributed by atoms with E-state index in [1.807, 2.05) is 19.1 Å². The fourth-order valence-electron chi connectivity index (χ4n) is 1.50. The summed E-state index contributed by atoms with van der Waals surface area (Å²) in [5, 5.41) is 1.93. The summed E-state index contributed by atoms with van der Waals surface area (Å²) in [5.74, 6) is 0.981. The van der Waals surface area contributed by atoms with Crippen molar-refractivity contribution in [1.82, 2.24) is 0 Å². The topological polar surface area (TPSA) is 9.23 Å². The largest absolute Gasteiger partial charge is 0.492 e. The Bertz CT molecular complexity index is 462. The summed E-state index contributed by atoms with van der Waals surface area (Å²) in [5.41, 5.74) is 0. The molecule has 0 aliphatic carbocycles. The second-order valence-electron chi connectivity index (χ2n) is 3.04. The first-order valence-corrected chi connectivity index (χ1v) is 5.74. The summed E-state index contributed by atoms with van der Waals surface area (Å²) in [4.78, 5) is 1.19. The van der Waals surface area contributed by atoms with Gasteiger partial charge in [0.2, 0.25) is 0 Å². The van der Waals surface area contributed by atoms with Gasteiger partial charge >= 0.3 is 0 Å². The highest BCUT2D eigenvalue weighted by Crippen LogP contribution is 2.40. The molecule has 0 atom stereocenters. The van der Waals surface area contributed by atoms with Crippen molar-refractivity contribution in [2.24, 2.45) is 0 Å². The molecule has 0 saturated heterocycles. The van der Waals surface area contributed by atoms with Gasteiger partial charge in [0.15, 0.2) is 0 Å². The maximum absolute atomic E-state index is 6.10. The number of hydrogen-bond acceptors (Lipinski definition) is 2. The Morgan fingerprint density at radius 1 is 1.43 bits per heavy atom. The molecule has 0 spiro atoms. The van der Waals surface area contributed by atoms with Gasteiger partial charge in [-0.25, -0.2) is 0 Å². The van der Waals surface area contributed by atoms with Crippen LogP contribution in [0.5, 0.6) is 5.75 Å². The van der Waals surface area contributed by atoms with Gasteiger partial charge in [0.05, 0.1) is 16.3 Å². The molecular formula is C11H11ClOS. The van der Waals surface area contributed by atoms with E-state index in [0.717, 1.165) is 20.9 Å². The average Bonchev–Trinajstić information content (AvgIpc) is 2.47. The molecule has 0 bridgehead atoms. The summed E-state index contributed by atoms with van der Waals surface area (Å²) < 4.78 is 6.72. The molecule has 0 unspecified atom stereocenters. The molecule has 1 heterocycles. The second-order valence-corrected chi connectivity index (χ2v) is 4.67. The molecule has 14 heavy (non-hydrogen) atoms. The van der Waals surface area contributed by atoms with Crippen molar-refractivity contribution in [3.63, 3.8) is 0 Å². The van der Waals surface area contributed by atoms with E-state index >= 15 is 0 Å². The van der Waals surface area contributed by atoms with Gasteiger partial charge in [-0.3, -0.25) is 0 Å². The first-order chi connectivity index (χ1) is 6.74. The van der Waals surface area contributed by atoms with E-state index in [2.05, 4.69) is 13.0 Å². The van der Waals surface area contributed by atoms with Crippen LogP contribution < -0.4 is 4.74 Å². The van der Waals surface area contributed by atoms with Crippen molar-refractivity contribution in [3.8, 4) is 5.75 Å². The van der Waals surface area contributed by atoms with Crippen molar-refractivity contribution >= 4 is 33.0 Å². The molecule has 0 saturated carbocycles. The van der Waals surface area contributed by atoms with Crippen LogP contribution in [0.2, 0.25) is 5.02 Å². The van der Waals surface area contributed by atoms with E-state index in [-0.39, 0.29) is 0 Å². The molecule has 0 amide bonds. The fraction of sp³-hybridized carbons (Fsp3) is 0.273. The fourth-order valence-corrected chi connectivity index (χ4v) is 2.80. The Morgan fingerprint density at radius 3 is 2.93 bits per heavy atom. The summed E-state index contributed by atoms with van der Waals surface area (Å²) in [6, 6.07) is 5.92. The van der Waals surface area contributed by atoms with Gasteiger partial charge in [-0.15, -0.1) is 11.3 Å². The minimum atomic E-state index is 0.694. The van der Waals surface area contributed by atoms with Crippen molar-refractivity contribution < 1.29 is 4.74 Å². The van der Waals surface area contributed by atoms with E-state index in [1.165, 1.54) is 4.88 Å². The molecule has 1 nitrogen and oxygen atoms in total. The molecule has 0 N–H and O–H groups in total. The number of halogens is 1. The molecule has 0 aliphatic heterocycles. The van der Waals surface area contributed by atoms with Crippen LogP contribution in [0.3, 0.4) is 0 Å². The Morgan fingerprint density at radius 2 is 2.21 bits per heavy atom. The first-order valence-electron chi connectivity index (χ1n) is 4.54. The zero-order chi connectivity index (χ0) is 10.1. The van der Waals surface area contributed by atoms with E-state index in [1.54, 1.807) is 11.3 Å².